The third-order valence-corrected chi connectivity index (χ3v) is 3.18. The van der Waals surface area contributed by atoms with Crippen molar-refractivity contribution in [3.63, 3.8) is 0 Å². The predicted molar refractivity (Wildman–Crippen MR) is 84.4 cm³/mol. The van der Waals surface area contributed by atoms with E-state index in [1.54, 1.807) is 18.2 Å². The van der Waals surface area contributed by atoms with Crippen LogP contribution in [0.2, 0.25) is 5.02 Å². The number of nitrogens with one attached hydrogen (secondary N) is 2. The molecule has 2 N–H and O–H groups in total. The molecule has 0 unspecified atom stereocenters. The highest BCUT2D eigenvalue weighted by molar-refractivity contribution is 6.30. The first-order chi connectivity index (χ1) is 9.69. The van der Waals surface area contributed by atoms with Crippen molar-refractivity contribution in [3.05, 3.63) is 59.1 Å². The SMILES string of the molecule is CCc1ccccc1NCC(=O)Nc1cccc(Cl)c1. The maximum absolute atomic E-state index is 11.9. The minimum absolute atomic E-state index is 0.0989. The minimum Gasteiger partial charge on any atom is -0.376 e. The lowest BCUT2D eigenvalue weighted by atomic mass is 10.1. The van der Waals surface area contributed by atoms with Gasteiger partial charge in [-0.1, -0.05) is 42.8 Å². The van der Waals surface area contributed by atoms with Crippen LogP contribution in [-0.2, 0) is 11.2 Å². The van der Waals surface area contributed by atoms with Gasteiger partial charge in [0.1, 0.15) is 0 Å². The fourth-order valence-corrected chi connectivity index (χ4v) is 2.14. The average molecular weight is 289 g/mol. The molecule has 2 rings (SSSR count). The standard InChI is InChI=1S/C16H17ClN2O/c1-2-12-6-3-4-9-15(12)18-11-16(20)19-14-8-5-7-13(17)10-14/h3-10,18H,2,11H2,1H3,(H,19,20). The van der Waals surface area contributed by atoms with Gasteiger partial charge in [-0.3, -0.25) is 4.79 Å². The molecule has 0 fully saturated rings. The Balaban J connectivity index is 1.92. The van der Waals surface area contributed by atoms with Gasteiger partial charge in [-0.25, -0.2) is 0 Å². The monoisotopic (exact) mass is 288 g/mol. The molecule has 104 valence electrons. The van der Waals surface area contributed by atoms with Gasteiger partial charge in [0.05, 0.1) is 6.54 Å². The Kier molecular flexibility index (Phi) is 5.02. The van der Waals surface area contributed by atoms with E-state index in [0.717, 1.165) is 12.1 Å². The molecule has 0 saturated carbocycles. The third-order valence-electron chi connectivity index (χ3n) is 2.95. The predicted octanol–water partition coefficient (Wildman–Crippen LogP) is 3.95. The largest absolute Gasteiger partial charge is 0.376 e. The highest BCUT2D eigenvalue weighted by Gasteiger charge is 2.04. The van der Waals surface area contributed by atoms with E-state index in [0.29, 0.717) is 10.7 Å². The van der Waals surface area contributed by atoms with Crippen molar-refractivity contribution < 1.29 is 4.79 Å². The van der Waals surface area contributed by atoms with Gasteiger partial charge in [-0.2, -0.15) is 0 Å². The first kappa shape index (κ1) is 14.4. The van der Waals surface area contributed by atoms with E-state index in [-0.39, 0.29) is 12.5 Å². The van der Waals surface area contributed by atoms with Crippen LogP contribution >= 0.6 is 11.6 Å². The van der Waals surface area contributed by atoms with E-state index in [2.05, 4.69) is 23.6 Å². The molecular weight excluding hydrogens is 272 g/mol. The maximum Gasteiger partial charge on any atom is 0.243 e. The Morgan fingerprint density at radius 3 is 2.70 bits per heavy atom. The Bertz CT molecular complexity index is 599. The zero-order valence-corrected chi connectivity index (χ0v) is 12.1. The fraction of sp³-hybridized carbons (Fsp3) is 0.188. The smallest absolute Gasteiger partial charge is 0.243 e. The van der Waals surface area contributed by atoms with Gasteiger partial charge in [-0.15, -0.1) is 0 Å². The van der Waals surface area contributed by atoms with Crippen LogP contribution in [0.4, 0.5) is 11.4 Å². The first-order valence-corrected chi connectivity index (χ1v) is 6.94. The number of anilines is 2. The molecule has 2 aromatic rings. The Labute approximate surface area is 124 Å². The Hall–Kier alpha value is -2.00. The summed E-state index contributed by atoms with van der Waals surface area (Å²) in [6.07, 6.45) is 0.930. The lowest BCUT2D eigenvalue weighted by Gasteiger charge is -2.11. The quantitative estimate of drug-likeness (QED) is 0.874. The van der Waals surface area contributed by atoms with E-state index in [1.165, 1.54) is 5.56 Å². The molecule has 0 aromatic heterocycles. The van der Waals surface area contributed by atoms with Crippen LogP contribution in [0.25, 0.3) is 0 Å². The summed E-state index contributed by atoms with van der Waals surface area (Å²) in [5.41, 5.74) is 2.90. The molecule has 0 radical (unpaired) electrons. The summed E-state index contributed by atoms with van der Waals surface area (Å²) in [4.78, 5) is 11.9. The number of hydrogen-bond donors (Lipinski definition) is 2. The molecule has 0 bridgehead atoms. The Morgan fingerprint density at radius 2 is 1.95 bits per heavy atom. The summed E-state index contributed by atoms with van der Waals surface area (Å²) in [7, 11) is 0. The molecule has 4 heteroatoms. The molecule has 2 aromatic carbocycles. The first-order valence-electron chi connectivity index (χ1n) is 6.56. The van der Waals surface area contributed by atoms with Crippen LogP contribution in [0.15, 0.2) is 48.5 Å². The second kappa shape index (κ2) is 6.96. The molecule has 0 atom stereocenters. The van der Waals surface area contributed by atoms with Crippen molar-refractivity contribution in [2.24, 2.45) is 0 Å². The van der Waals surface area contributed by atoms with Crippen molar-refractivity contribution in [3.8, 4) is 0 Å². The summed E-state index contributed by atoms with van der Waals surface area (Å²) in [6, 6.07) is 15.1. The van der Waals surface area contributed by atoms with Gasteiger partial charge in [0, 0.05) is 16.4 Å². The van der Waals surface area contributed by atoms with E-state index in [1.807, 2.05) is 24.3 Å². The van der Waals surface area contributed by atoms with E-state index in [9.17, 15) is 4.79 Å². The maximum atomic E-state index is 11.9. The topological polar surface area (TPSA) is 41.1 Å². The molecule has 0 saturated heterocycles. The molecule has 3 nitrogen and oxygen atoms in total. The average Bonchev–Trinajstić information content (AvgIpc) is 2.45. The normalized spacial score (nSPS) is 10.1. The van der Waals surface area contributed by atoms with E-state index >= 15 is 0 Å². The molecule has 0 aliphatic rings. The van der Waals surface area contributed by atoms with Crippen LogP contribution in [-0.4, -0.2) is 12.5 Å². The van der Waals surface area contributed by atoms with Gasteiger partial charge in [0.15, 0.2) is 0 Å². The third kappa shape index (κ3) is 4.00. The molecule has 20 heavy (non-hydrogen) atoms. The molecule has 0 aliphatic heterocycles. The van der Waals surface area contributed by atoms with Crippen molar-refractivity contribution in [1.82, 2.24) is 0 Å². The van der Waals surface area contributed by atoms with Gasteiger partial charge in [0.25, 0.3) is 0 Å². The van der Waals surface area contributed by atoms with Gasteiger partial charge < -0.3 is 10.6 Å². The zero-order chi connectivity index (χ0) is 14.4. The molecule has 1 amide bonds. The number of benzene rings is 2. The molecular formula is C16H17ClN2O. The number of amides is 1. The zero-order valence-electron chi connectivity index (χ0n) is 11.3. The van der Waals surface area contributed by atoms with Crippen molar-refractivity contribution >= 4 is 28.9 Å². The van der Waals surface area contributed by atoms with E-state index < -0.39 is 0 Å². The molecule has 0 aliphatic carbocycles. The number of para-hydroxylation sites is 1. The van der Waals surface area contributed by atoms with Crippen molar-refractivity contribution in [1.29, 1.82) is 0 Å². The van der Waals surface area contributed by atoms with Crippen molar-refractivity contribution in [2.45, 2.75) is 13.3 Å². The van der Waals surface area contributed by atoms with Crippen LogP contribution in [0.3, 0.4) is 0 Å². The fourth-order valence-electron chi connectivity index (χ4n) is 1.95. The number of halogens is 1. The summed E-state index contributed by atoms with van der Waals surface area (Å²) in [5, 5.41) is 6.56. The van der Waals surface area contributed by atoms with Crippen molar-refractivity contribution in [2.75, 3.05) is 17.2 Å². The van der Waals surface area contributed by atoms with Crippen LogP contribution < -0.4 is 10.6 Å². The summed E-state index contributed by atoms with van der Waals surface area (Å²) < 4.78 is 0. The molecule has 0 spiro atoms. The lowest BCUT2D eigenvalue weighted by Crippen LogP contribution is -2.22. The number of rotatable bonds is 5. The van der Waals surface area contributed by atoms with Gasteiger partial charge >= 0.3 is 0 Å². The lowest BCUT2D eigenvalue weighted by molar-refractivity contribution is -0.114. The number of carbonyl (C=O) groups is 1. The number of hydrogen-bond acceptors (Lipinski definition) is 2. The summed E-state index contributed by atoms with van der Waals surface area (Å²) in [5.74, 6) is -0.0989. The van der Waals surface area contributed by atoms with Crippen LogP contribution in [0.1, 0.15) is 12.5 Å². The van der Waals surface area contributed by atoms with Gasteiger partial charge in [-0.05, 0) is 36.2 Å². The Morgan fingerprint density at radius 1 is 1.15 bits per heavy atom. The second-order valence-corrected chi connectivity index (χ2v) is 4.86. The van der Waals surface area contributed by atoms with Crippen LogP contribution in [0.5, 0.6) is 0 Å². The van der Waals surface area contributed by atoms with Crippen LogP contribution in [0, 0.1) is 0 Å². The summed E-state index contributed by atoms with van der Waals surface area (Å²) in [6.45, 7) is 2.32. The highest BCUT2D eigenvalue weighted by Crippen LogP contribution is 2.16. The molecule has 0 heterocycles. The number of aryl methyl sites for hydroxylation is 1. The summed E-state index contributed by atoms with van der Waals surface area (Å²) >= 11 is 5.87. The highest BCUT2D eigenvalue weighted by atomic mass is 35.5. The number of carbonyl (C=O) groups excluding carboxylic acids is 1. The minimum atomic E-state index is -0.0989. The second-order valence-electron chi connectivity index (χ2n) is 4.42. The van der Waals surface area contributed by atoms with E-state index in [4.69, 9.17) is 11.6 Å². The van der Waals surface area contributed by atoms with Gasteiger partial charge in [0.2, 0.25) is 5.91 Å².